The van der Waals surface area contributed by atoms with Gasteiger partial charge in [0.2, 0.25) is 0 Å². The first-order valence-electron chi connectivity index (χ1n) is 1.32. The number of carbonyl (C=O) groups is 1. The Kier molecular flexibility index (Phi) is 2.19. The zero-order valence-corrected chi connectivity index (χ0v) is 3.75. The Balaban J connectivity index is 0. The second kappa shape index (κ2) is 2.21. The molecule has 1 nitrogen and oxygen atoms in total. The summed E-state index contributed by atoms with van der Waals surface area (Å²) in [6, 6.07) is 0. The van der Waals surface area contributed by atoms with Crippen LogP contribution < -0.4 is 0 Å². The van der Waals surface area contributed by atoms with Crippen molar-refractivity contribution in [2.75, 3.05) is 5.88 Å². The molecule has 0 aromatic rings. The average Bonchev–Trinajstić information content (AvgIpc) is 1.38. The van der Waals surface area contributed by atoms with Crippen molar-refractivity contribution in [2.24, 2.45) is 0 Å². The van der Waals surface area contributed by atoms with Gasteiger partial charge in [0.05, 0.1) is 5.88 Å². The van der Waals surface area contributed by atoms with E-state index in [2.05, 4.69) is 0 Å². The molecule has 0 rings (SSSR count). The minimum atomic E-state index is 0. The number of Topliss-reactive ketones (excluding diaryl/α,β-unsaturated/α-hetero) is 1. The molecule has 0 amide bonds. The second-order valence-electron chi connectivity index (χ2n) is 0.836. The molecule has 0 aromatic heterocycles. The van der Waals surface area contributed by atoms with Crippen LogP contribution in [0, 0.1) is 0 Å². The summed E-state index contributed by atoms with van der Waals surface area (Å²) in [5.41, 5.74) is 0. The van der Waals surface area contributed by atoms with Gasteiger partial charge < -0.3 is 0 Å². The van der Waals surface area contributed by atoms with Gasteiger partial charge in [-0.05, 0) is 6.92 Å². The molecule has 0 N–H and O–H groups in total. The fourth-order valence-corrected chi connectivity index (χ4v) is 0. The van der Waals surface area contributed by atoms with Gasteiger partial charge in [-0.15, -0.1) is 11.6 Å². The van der Waals surface area contributed by atoms with Crippen LogP contribution in [0.25, 0.3) is 0 Å². The molecule has 5 heavy (non-hydrogen) atoms. The second-order valence-corrected chi connectivity index (χ2v) is 1.10. The van der Waals surface area contributed by atoms with Crippen molar-refractivity contribution in [3.05, 3.63) is 0 Å². The van der Waals surface area contributed by atoms with Gasteiger partial charge in [-0.3, -0.25) is 4.79 Å². The maximum atomic E-state index is 9.68. The maximum absolute atomic E-state index is 9.68. The number of carbonyl (C=O) groups excluding carboxylic acids is 1. The molecule has 0 saturated carbocycles. The van der Waals surface area contributed by atoms with Crippen molar-refractivity contribution in [3.8, 4) is 0 Å². The predicted octanol–water partition coefficient (Wildman–Crippen LogP) is 0.927. The van der Waals surface area contributed by atoms with Crippen molar-refractivity contribution in [3.63, 3.8) is 0 Å². The minimum Gasteiger partial charge on any atom is -0.299 e. The summed E-state index contributed by atoms with van der Waals surface area (Å²) < 4.78 is 0. The number of halogens is 1. The molecule has 30 valence electrons. The number of hydrogen-bond acceptors (Lipinski definition) is 1. The number of rotatable bonds is 1. The highest BCUT2D eigenvalue weighted by molar-refractivity contribution is 6.27. The lowest BCUT2D eigenvalue weighted by molar-refractivity contribution is -0.114. The molecule has 0 bridgehead atoms. The smallest absolute Gasteiger partial charge is 0.299 e. The van der Waals surface area contributed by atoms with Gasteiger partial charge in [-0.2, -0.15) is 0 Å². The van der Waals surface area contributed by atoms with Crippen molar-refractivity contribution >= 4 is 17.4 Å². The van der Waals surface area contributed by atoms with Crippen LogP contribution >= 0.6 is 11.6 Å². The van der Waals surface area contributed by atoms with E-state index < -0.39 is 0 Å². The molecule has 0 heterocycles. The van der Waals surface area contributed by atoms with E-state index in [1.807, 2.05) is 0 Å². The van der Waals surface area contributed by atoms with Gasteiger partial charge in [0.1, 0.15) is 5.78 Å². The number of alkyl halides is 1. The summed E-state index contributed by atoms with van der Waals surface area (Å²) in [4.78, 5) is 9.68. The Morgan fingerprint density at radius 3 is 2.40 bits per heavy atom. The van der Waals surface area contributed by atoms with Gasteiger partial charge in [-0.25, -0.2) is 0 Å². The predicted molar refractivity (Wildman–Crippen MR) is 22.5 cm³/mol. The number of hydrogen-bond donors (Lipinski definition) is 0. The fourth-order valence-electron chi connectivity index (χ4n) is 0. The topological polar surface area (TPSA) is 17.1 Å². The largest absolute Gasteiger partial charge is 1.00 e. The van der Waals surface area contributed by atoms with Gasteiger partial charge >= 0.3 is 1.43 Å². The van der Waals surface area contributed by atoms with Crippen LogP contribution in [0.15, 0.2) is 0 Å². The molecule has 0 aliphatic heterocycles. The van der Waals surface area contributed by atoms with Crippen molar-refractivity contribution < 1.29 is 6.22 Å². The first kappa shape index (κ1) is 4.96. The van der Waals surface area contributed by atoms with Crippen molar-refractivity contribution in [2.45, 2.75) is 6.92 Å². The summed E-state index contributed by atoms with van der Waals surface area (Å²) in [6.07, 6.45) is 0. The van der Waals surface area contributed by atoms with Crippen molar-refractivity contribution in [1.29, 1.82) is 0 Å². The van der Waals surface area contributed by atoms with Gasteiger partial charge in [0, 0.05) is 0 Å². The molecule has 2 heteroatoms. The first-order valence-corrected chi connectivity index (χ1v) is 1.86. The molecular formula is C3H6ClO+. The summed E-state index contributed by atoms with van der Waals surface area (Å²) in [6.45, 7) is 1.45. The van der Waals surface area contributed by atoms with Gasteiger partial charge in [0.15, 0.2) is 0 Å². The lowest BCUT2D eigenvalue weighted by Gasteiger charge is -1.69. The molecule has 0 spiro atoms. The standard InChI is InChI=1S/C3H5ClO/c1-3(5)2-4/h2H2,1H3/p+1. The molecule has 0 radical (unpaired) electrons. The SMILES string of the molecule is CC(=O)CCl.[H+]. The van der Waals surface area contributed by atoms with Crippen LogP contribution in [-0.2, 0) is 4.79 Å². The molecule has 0 aromatic carbocycles. The monoisotopic (exact) mass is 93.0 g/mol. The van der Waals surface area contributed by atoms with Crippen LogP contribution in [0.2, 0.25) is 0 Å². The Hall–Kier alpha value is -0.0400. The normalized spacial score (nSPS) is 7.60. The third-order valence-corrected chi connectivity index (χ3v) is 0.565. The quantitative estimate of drug-likeness (QED) is 0.441. The maximum Gasteiger partial charge on any atom is 1.00 e. The molecule has 0 fully saturated rings. The highest BCUT2D eigenvalue weighted by Gasteiger charge is 1.79. The first-order chi connectivity index (χ1) is 2.27. The van der Waals surface area contributed by atoms with E-state index >= 15 is 0 Å². The average molecular weight is 93.5 g/mol. The van der Waals surface area contributed by atoms with Gasteiger partial charge in [0.25, 0.3) is 0 Å². The molecule has 0 aliphatic rings. The fraction of sp³-hybridized carbons (Fsp3) is 0.667. The van der Waals surface area contributed by atoms with Crippen LogP contribution in [0.5, 0.6) is 0 Å². The molecule has 0 aliphatic carbocycles. The minimum absolute atomic E-state index is 0. The Bertz CT molecular complexity index is 46.1. The Labute approximate surface area is 37.4 Å². The summed E-state index contributed by atoms with van der Waals surface area (Å²) in [7, 11) is 0. The van der Waals surface area contributed by atoms with Crippen LogP contribution in [0.1, 0.15) is 8.35 Å². The van der Waals surface area contributed by atoms with E-state index in [-0.39, 0.29) is 13.1 Å². The van der Waals surface area contributed by atoms with E-state index in [4.69, 9.17) is 11.6 Å². The Morgan fingerprint density at radius 2 is 2.40 bits per heavy atom. The molecular weight excluding hydrogens is 87.5 g/mol. The van der Waals surface area contributed by atoms with Crippen LogP contribution in [-0.4, -0.2) is 11.7 Å². The summed E-state index contributed by atoms with van der Waals surface area (Å²) >= 11 is 4.99. The highest BCUT2D eigenvalue weighted by Crippen LogP contribution is 1.71. The lowest BCUT2D eigenvalue weighted by atomic mass is 10.5. The van der Waals surface area contributed by atoms with E-state index in [1.165, 1.54) is 6.92 Å². The molecule has 0 unspecified atom stereocenters. The van der Waals surface area contributed by atoms with E-state index in [0.29, 0.717) is 0 Å². The molecule has 0 atom stereocenters. The zero-order valence-electron chi connectivity index (χ0n) is 3.99. The van der Waals surface area contributed by atoms with E-state index in [1.54, 1.807) is 0 Å². The lowest BCUT2D eigenvalue weighted by Crippen LogP contribution is -1.86. The van der Waals surface area contributed by atoms with Crippen LogP contribution in [0.3, 0.4) is 0 Å². The third-order valence-electron chi connectivity index (χ3n) is 0.188. The van der Waals surface area contributed by atoms with Gasteiger partial charge in [-0.1, -0.05) is 0 Å². The van der Waals surface area contributed by atoms with Crippen molar-refractivity contribution in [1.82, 2.24) is 0 Å². The zero-order chi connectivity index (χ0) is 4.28. The number of ketones is 1. The van der Waals surface area contributed by atoms with E-state index in [9.17, 15) is 4.79 Å². The summed E-state index contributed by atoms with van der Waals surface area (Å²) in [5, 5.41) is 0. The van der Waals surface area contributed by atoms with E-state index in [0.717, 1.165) is 0 Å². The summed E-state index contributed by atoms with van der Waals surface area (Å²) in [5.74, 6) is 0.159. The molecule has 0 saturated heterocycles. The Morgan fingerprint density at radius 1 is 2.20 bits per heavy atom. The van der Waals surface area contributed by atoms with Crippen LogP contribution in [0.4, 0.5) is 0 Å². The third kappa shape index (κ3) is 3.96. The highest BCUT2D eigenvalue weighted by atomic mass is 35.5.